The van der Waals surface area contributed by atoms with E-state index in [-0.39, 0.29) is 16.8 Å². The zero-order chi connectivity index (χ0) is 13.8. The summed E-state index contributed by atoms with van der Waals surface area (Å²) in [6.45, 7) is 4.10. The highest BCUT2D eigenvalue weighted by Gasteiger charge is 2.19. The lowest BCUT2D eigenvalue weighted by molar-refractivity contribution is 0.536. The molecular weight excluding hydrogens is 277 g/mol. The normalized spacial score (nSPS) is 13.8. The summed E-state index contributed by atoms with van der Waals surface area (Å²) in [7, 11) is -3.83. The fourth-order valence-corrected chi connectivity index (χ4v) is 3.22. The molecule has 6 heteroatoms. The highest BCUT2D eigenvalue weighted by atomic mass is 35.5. The van der Waals surface area contributed by atoms with E-state index in [0.717, 1.165) is 6.07 Å². The third-order valence-electron chi connectivity index (χ3n) is 2.35. The molecule has 0 aliphatic heterocycles. The van der Waals surface area contributed by atoms with Crippen molar-refractivity contribution in [3.05, 3.63) is 30.1 Å². The summed E-state index contributed by atoms with van der Waals surface area (Å²) < 4.78 is 39.4. The number of benzene rings is 1. The SMILES string of the molecule is CC(C)CC(Cl)CNS(=O)(=O)c1ccccc1F. The molecule has 18 heavy (non-hydrogen) atoms. The van der Waals surface area contributed by atoms with Gasteiger partial charge in [0.25, 0.3) is 0 Å². The molecule has 0 spiro atoms. The minimum Gasteiger partial charge on any atom is -0.210 e. The molecule has 0 heterocycles. The summed E-state index contributed by atoms with van der Waals surface area (Å²) in [6, 6.07) is 5.26. The smallest absolute Gasteiger partial charge is 0.210 e. The molecule has 0 fully saturated rings. The topological polar surface area (TPSA) is 46.2 Å². The third-order valence-corrected chi connectivity index (χ3v) is 4.14. The maximum Gasteiger partial charge on any atom is 0.243 e. The van der Waals surface area contributed by atoms with E-state index in [2.05, 4.69) is 4.72 Å². The van der Waals surface area contributed by atoms with Gasteiger partial charge in [0.05, 0.1) is 0 Å². The van der Waals surface area contributed by atoms with Crippen molar-refractivity contribution >= 4 is 21.6 Å². The molecule has 0 saturated carbocycles. The third kappa shape index (κ3) is 4.55. The van der Waals surface area contributed by atoms with Crippen molar-refractivity contribution in [1.29, 1.82) is 0 Å². The summed E-state index contributed by atoms with van der Waals surface area (Å²) in [6.07, 6.45) is 0.696. The molecule has 0 aliphatic carbocycles. The van der Waals surface area contributed by atoms with Crippen LogP contribution in [0.5, 0.6) is 0 Å². The van der Waals surface area contributed by atoms with Crippen molar-refractivity contribution in [1.82, 2.24) is 4.72 Å². The molecule has 0 saturated heterocycles. The van der Waals surface area contributed by atoms with Gasteiger partial charge in [-0.3, -0.25) is 0 Å². The van der Waals surface area contributed by atoms with Crippen LogP contribution in [0.25, 0.3) is 0 Å². The first-order valence-electron chi connectivity index (χ1n) is 5.71. The van der Waals surface area contributed by atoms with Crippen molar-refractivity contribution in [3.63, 3.8) is 0 Å². The van der Waals surface area contributed by atoms with Gasteiger partial charge in [-0.1, -0.05) is 26.0 Å². The minimum absolute atomic E-state index is 0.0937. The van der Waals surface area contributed by atoms with E-state index in [9.17, 15) is 12.8 Å². The number of nitrogens with one attached hydrogen (secondary N) is 1. The maximum atomic E-state index is 13.4. The molecule has 1 atom stereocenters. The second kappa shape index (κ2) is 6.50. The highest BCUT2D eigenvalue weighted by Crippen LogP contribution is 2.14. The predicted molar refractivity (Wildman–Crippen MR) is 70.7 cm³/mol. The number of rotatable bonds is 6. The van der Waals surface area contributed by atoms with Crippen molar-refractivity contribution in [2.45, 2.75) is 30.5 Å². The Balaban J connectivity index is 2.69. The molecule has 0 aromatic heterocycles. The van der Waals surface area contributed by atoms with Crippen LogP contribution in [0.3, 0.4) is 0 Å². The first kappa shape index (κ1) is 15.4. The number of sulfonamides is 1. The lowest BCUT2D eigenvalue weighted by Gasteiger charge is -2.13. The van der Waals surface area contributed by atoms with Gasteiger partial charge in [0, 0.05) is 11.9 Å². The molecule has 1 aromatic rings. The number of alkyl halides is 1. The van der Waals surface area contributed by atoms with Gasteiger partial charge in [0.15, 0.2) is 0 Å². The number of halogens is 2. The van der Waals surface area contributed by atoms with Crippen LogP contribution in [0.4, 0.5) is 4.39 Å². The zero-order valence-electron chi connectivity index (χ0n) is 10.4. The molecule has 102 valence electrons. The summed E-state index contributed by atoms with van der Waals surface area (Å²) in [5.74, 6) is -0.384. The number of hydrogen-bond acceptors (Lipinski definition) is 2. The Morgan fingerprint density at radius 1 is 1.33 bits per heavy atom. The van der Waals surface area contributed by atoms with Crippen LogP contribution in [0.15, 0.2) is 29.2 Å². The maximum absolute atomic E-state index is 13.4. The van der Waals surface area contributed by atoms with Gasteiger partial charge in [-0.25, -0.2) is 17.5 Å². The van der Waals surface area contributed by atoms with Gasteiger partial charge in [-0.15, -0.1) is 11.6 Å². The zero-order valence-corrected chi connectivity index (χ0v) is 11.9. The van der Waals surface area contributed by atoms with Crippen LogP contribution < -0.4 is 4.72 Å². The fraction of sp³-hybridized carbons (Fsp3) is 0.500. The highest BCUT2D eigenvalue weighted by molar-refractivity contribution is 7.89. The summed E-state index contributed by atoms with van der Waals surface area (Å²) in [5, 5.41) is -0.299. The van der Waals surface area contributed by atoms with E-state index < -0.39 is 15.8 Å². The molecular formula is C12H17ClFNO2S. The minimum atomic E-state index is -3.83. The molecule has 0 bridgehead atoms. The van der Waals surface area contributed by atoms with Crippen molar-refractivity contribution < 1.29 is 12.8 Å². The van der Waals surface area contributed by atoms with Crippen LogP contribution >= 0.6 is 11.6 Å². The van der Waals surface area contributed by atoms with Gasteiger partial charge in [0.2, 0.25) is 10.0 Å². The number of hydrogen-bond donors (Lipinski definition) is 1. The monoisotopic (exact) mass is 293 g/mol. The van der Waals surface area contributed by atoms with Crippen LogP contribution in [0.2, 0.25) is 0 Å². The van der Waals surface area contributed by atoms with E-state index in [0.29, 0.717) is 12.3 Å². The molecule has 1 unspecified atom stereocenters. The first-order chi connectivity index (χ1) is 8.33. The first-order valence-corrected chi connectivity index (χ1v) is 7.63. The quantitative estimate of drug-likeness (QED) is 0.820. The molecule has 1 N–H and O–H groups in total. The van der Waals surface area contributed by atoms with Crippen molar-refractivity contribution in [2.24, 2.45) is 5.92 Å². The van der Waals surface area contributed by atoms with E-state index in [4.69, 9.17) is 11.6 Å². The van der Waals surface area contributed by atoms with Crippen LogP contribution in [0, 0.1) is 11.7 Å². The summed E-state index contributed by atoms with van der Waals surface area (Å²) in [4.78, 5) is -0.349. The Bertz CT molecular complexity index is 491. The van der Waals surface area contributed by atoms with E-state index in [1.807, 2.05) is 13.8 Å². The lowest BCUT2D eigenvalue weighted by atomic mass is 10.1. The average Bonchev–Trinajstić information content (AvgIpc) is 2.26. The van der Waals surface area contributed by atoms with Gasteiger partial charge in [0.1, 0.15) is 10.7 Å². The van der Waals surface area contributed by atoms with Gasteiger partial charge in [-0.05, 0) is 24.5 Å². The Labute approximate surface area is 112 Å². The average molecular weight is 294 g/mol. The largest absolute Gasteiger partial charge is 0.243 e. The molecule has 0 amide bonds. The Morgan fingerprint density at radius 3 is 2.50 bits per heavy atom. The van der Waals surface area contributed by atoms with E-state index >= 15 is 0 Å². The predicted octanol–water partition coefficient (Wildman–Crippen LogP) is 2.76. The second-order valence-corrected chi connectivity index (χ2v) is 6.86. The van der Waals surface area contributed by atoms with Crippen LogP contribution in [0.1, 0.15) is 20.3 Å². The van der Waals surface area contributed by atoms with Gasteiger partial charge < -0.3 is 0 Å². The summed E-state index contributed by atoms with van der Waals surface area (Å²) in [5.41, 5.74) is 0. The second-order valence-electron chi connectivity index (χ2n) is 4.51. The summed E-state index contributed by atoms with van der Waals surface area (Å²) >= 11 is 5.99. The van der Waals surface area contributed by atoms with E-state index in [1.165, 1.54) is 18.2 Å². The Hall–Kier alpha value is -0.650. The standard InChI is InChI=1S/C12H17ClFNO2S/c1-9(2)7-10(13)8-15-18(16,17)12-6-4-3-5-11(12)14/h3-6,9-10,15H,7-8H2,1-2H3. The van der Waals surface area contributed by atoms with Crippen LogP contribution in [-0.2, 0) is 10.0 Å². The van der Waals surface area contributed by atoms with Gasteiger partial charge >= 0.3 is 0 Å². The fourth-order valence-electron chi connectivity index (χ4n) is 1.54. The molecule has 3 nitrogen and oxygen atoms in total. The molecule has 0 aliphatic rings. The molecule has 1 aromatic carbocycles. The van der Waals surface area contributed by atoms with Crippen molar-refractivity contribution in [3.8, 4) is 0 Å². The van der Waals surface area contributed by atoms with Crippen molar-refractivity contribution in [2.75, 3.05) is 6.54 Å². The Morgan fingerprint density at radius 2 is 1.94 bits per heavy atom. The lowest BCUT2D eigenvalue weighted by Crippen LogP contribution is -2.31. The molecule has 0 radical (unpaired) electrons. The van der Waals surface area contributed by atoms with Gasteiger partial charge in [-0.2, -0.15) is 0 Å². The Kier molecular flexibility index (Phi) is 5.56. The van der Waals surface area contributed by atoms with Crippen LogP contribution in [-0.4, -0.2) is 20.3 Å². The molecule has 1 rings (SSSR count). The van der Waals surface area contributed by atoms with E-state index in [1.54, 1.807) is 0 Å².